The summed E-state index contributed by atoms with van der Waals surface area (Å²) in [5.41, 5.74) is 0. The second kappa shape index (κ2) is 3.64. The first kappa shape index (κ1) is 10.5. The maximum Gasteiger partial charge on any atom is 0.471 e. The Morgan fingerprint density at radius 3 is 2.64 bits per heavy atom. The zero-order valence-corrected chi connectivity index (χ0v) is 6.96. The van der Waals surface area contributed by atoms with E-state index in [4.69, 9.17) is 0 Å². The Balaban J connectivity index is 2.83. The van der Waals surface area contributed by atoms with E-state index < -0.39 is 23.9 Å². The molecule has 0 bridgehead atoms. The molecule has 0 spiro atoms. The normalized spacial score (nSPS) is 11.4. The predicted molar refractivity (Wildman–Crippen MR) is 35.3 cm³/mol. The predicted octanol–water partition coefficient (Wildman–Crippen LogP) is 1.27. The fraction of sp³-hybridized carbons (Fsp3) is 0.500. The number of carbonyl (C=O) groups excluding carboxylic acids is 1. The lowest BCUT2D eigenvalue weighted by molar-refractivity contribution is -0.159. The van der Waals surface area contributed by atoms with E-state index in [9.17, 15) is 18.0 Å². The van der Waals surface area contributed by atoms with E-state index in [0.717, 1.165) is 0 Å². The Kier molecular flexibility index (Phi) is 2.73. The van der Waals surface area contributed by atoms with Crippen molar-refractivity contribution in [2.45, 2.75) is 13.1 Å². The molecule has 1 heterocycles. The number of aromatic nitrogens is 2. The Morgan fingerprint density at radius 1 is 1.57 bits per heavy atom. The van der Waals surface area contributed by atoms with Gasteiger partial charge in [-0.2, -0.15) is 18.2 Å². The molecule has 0 aliphatic rings. The second-order valence-electron chi connectivity index (χ2n) is 2.14. The average molecular weight is 210 g/mol. The molecule has 0 radical (unpaired) electrons. The van der Waals surface area contributed by atoms with Gasteiger partial charge in [-0.05, 0) is 12.1 Å². The summed E-state index contributed by atoms with van der Waals surface area (Å²) >= 11 is 0. The Labute approximate surface area is 75.8 Å². The minimum Gasteiger partial charge on any atom is -0.460 e. The van der Waals surface area contributed by atoms with Crippen molar-refractivity contribution < 1.29 is 27.2 Å². The molecular weight excluding hydrogens is 205 g/mol. The molecule has 0 aliphatic heterocycles. The van der Waals surface area contributed by atoms with Crippen LogP contribution in [-0.2, 0) is 10.9 Å². The Bertz CT molecular complexity index is 333. The topological polar surface area (TPSA) is 65.2 Å². The highest BCUT2D eigenvalue weighted by Gasteiger charge is 2.39. The molecule has 0 aromatic carbocycles. The molecule has 0 unspecified atom stereocenters. The van der Waals surface area contributed by atoms with E-state index in [1.807, 2.05) is 0 Å². The molecule has 0 atom stereocenters. The van der Waals surface area contributed by atoms with Gasteiger partial charge in [-0.25, -0.2) is 4.79 Å². The standard InChI is InChI=1S/C6H5F3N2O3/c1-2-13-4(12)3-10-5(14-11-3)6(7,8)9/h2H2,1H3. The van der Waals surface area contributed by atoms with Crippen molar-refractivity contribution >= 4 is 5.97 Å². The van der Waals surface area contributed by atoms with E-state index in [1.54, 1.807) is 0 Å². The van der Waals surface area contributed by atoms with Crippen LogP contribution >= 0.6 is 0 Å². The molecule has 1 aromatic rings. The summed E-state index contributed by atoms with van der Waals surface area (Å²) in [6.45, 7) is 1.53. The summed E-state index contributed by atoms with van der Waals surface area (Å²) in [5.74, 6) is -3.36. The molecule has 1 aromatic heterocycles. The first-order chi connectivity index (χ1) is 6.45. The molecule has 5 nitrogen and oxygen atoms in total. The zero-order valence-electron chi connectivity index (χ0n) is 6.96. The lowest BCUT2D eigenvalue weighted by Gasteiger charge is -1.96. The van der Waals surface area contributed by atoms with Gasteiger partial charge in [-0.15, -0.1) is 0 Å². The zero-order chi connectivity index (χ0) is 10.8. The third-order valence-electron chi connectivity index (χ3n) is 1.13. The number of carbonyl (C=O) groups is 1. The number of hydrogen-bond acceptors (Lipinski definition) is 5. The van der Waals surface area contributed by atoms with Gasteiger partial charge in [0.25, 0.3) is 5.82 Å². The van der Waals surface area contributed by atoms with E-state index in [-0.39, 0.29) is 6.61 Å². The molecule has 0 N–H and O–H groups in total. The molecule has 78 valence electrons. The third kappa shape index (κ3) is 2.21. The smallest absolute Gasteiger partial charge is 0.460 e. The van der Waals surface area contributed by atoms with Crippen molar-refractivity contribution in [2.24, 2.45) is 0 Å². The van der Waals surface area contributed by atoms with Crippen LogP contribution in [0.2, 0.25) is 0 Å². The van der Waals surface area contributed by atoms with Crippen molar-refractivity contribution in [3.63, 3.8) is 0 Å². The molecule has 0 aliphatic carbocycles. The number of esters is 1. The van der Waals surface area contributed by atoms with Gasteiger partial charge in [0.2, 0.25) is 0 Å². The summed E-state index contributed by atoms with van der Waals surface area (Å²) in [6, 6.07) is 0. The number of hydrogen-bond donors (Lipinski definition) is 0. The maximum atomic E-state index is 11.9. The van der Waals surface area contributed by atoms with E-state index in [2.05, 4.69) is 19.4 Å². The van der Waals surface area contributed by atoms with Crippen LogP contribution in [0.15, 0.2) is 4.52 Å². The van der Waals surface area contributed by atoms with Crippen LogP contribution in [0.5, 0.6) is 0 Å². The molecule has 0 saturated heterocycles. The quantitative estimate of drug-likeness (QED) is 0.687. The molecule has 0 saturated carbocycles. The van der Waals surface area contributed by atoms with Crippen molar-refractivity contribution in [3.05, 3.63) is 11.7 Å². The maximum absolute atomic E-state index is 11.9. The van der Waals surface area contributed by atoms with Gasteiger partial charge in [0.05, 0.1) is 6.61 Å². The van der Waals surface area contributed by atoms with Gasteiger partial charge in [-0.3, -0.25) is 0 Å². The molecular formula is C6H5F3N2O3. The Morgan fingerprint density at radius 2 is 2.21 bits per heavy atom. The van der Waals surface area contributed by atoms with Gasteiger partial charge in [0.15, 0.2) is 0 Å². The summed E-state index contributed by atoms with van der Waals surface area (Å²) in [6.07, 6.45) is -4.75. The van der Waals surface area contributed by atoms with Crippen molar-refractivity contribution in [2.75, 3.05) is 6.61 Å². The molecule has 1 rings (SSSR count). The highest BCUT2D eigenvalue weighted by Crippen LogP contribution is 2.27. The van der Waals surface area contributed by atoms with Gasteiger partial charge in [-0.1, -0.05) is 0 Å². The molecule has 14 heavy (non-hydrogen) atoms. The monoisotopic (exact) mass is 210 g/mol. The number of ether oxygens (including phenoxy) is 1. The SMILES string of the molecule is CCOC(=O)c1noc(C(F)(F)F)n1. The minimum atomic E-state index is -4.75. The first-order valence-corrected chi connectivity index (χ1v) is 3.53. The van der Waals surface area contributed by atoms with Crippen LogP contribution in [0.25, 0.3) is 0 Å². The molecule has 0 fully saturated rings. The lowest BCUT2D eigenvalue weighted by Crippen LogP contribution is -2.09. The van der Waals surface area contributed by atoms with Crippen LogP contribution in [0, 0.1) is 0 Å². The number of halogens is 3. The van der Waals surface area contributed by atoms with Crippen LogP contribution < -0.4 is 0 Å². The van der Waals surface area contributed by atoms with Crippen LogP contribution in [0.1, 0.15) is 23.4 Å². The summed E-state index contributed by atoms with van der Waals surface area (Å²) in [7, 11) is 0. The molecule has 8 heteroatoms. The third-order valence-corrected chi connectivity index (χ3v) is 1.13. The minimum absolute atomic E-state index is 0.0225. The number of nitrogens with zero attached hydrogens (tertiary/aromatic N) is 2. The fourth-order valence-corrected chi connectivity index (χ4v) is 0.617. The van der Waals surface area contributed by atoms with Crippen molar-refractivity contribution in [1.82, 2.24) is 10.1 Å². The highest BCUT2D eigenvalue weighted by molar-refractivity contribution is 5.84. The van der Waals surface area contributed by atoms with Gasteiger partial charge in [0, 0.05) is 0 Å². The largest absolute Gasteiger partial charge is 0.471 e. The average Bonchev–Trinajstić information content (AvgIpc) is 2.51. The summed E-state index contributed by atoms with van der Waals surface area (Å²) in [4.78, 5) is 13.6. The first-order valence-electron chi connectivity index (χ1n) is 3.53. The van der Waals surface area contributed by atoms with Crippen LogP contribution in [-0.4, -0.2) is 22.7 Å². The van der Waals surface area contributed by atoms with E-state index in [1.165, 1.54) is 6.92 Å². The summed E-state index contributed by atoms with van der Waals surface area (Å²) in [5, 5.41) is 2.82. The van der Waals surface area contributed by atoms with Crippen LogP contribution in [0.4, 0.5) is 13.2 Å². The van der Waals surface area contributed by atoms with Crippen molar-refractivity contribution in [1.29, 1.82) is 0 Å². The van der Waals surface area contributed by atoms with Crippen molar-refractivity contribution in [3.8, 4) is 0 Å². The highest BCUT2D eigenvalue weighted by atomic mass is 19.4. The van der Waals surface area contributed by atoms with E-state index in [0.29, 0.717) is 0 Å². The number of alkyl halides is 3. The van der Waals surface area contributed by atoms with Gasteiger partial charge >= 0.3 is 18.0 Å². The van der Waals surface area contributed by atoms with Crippen LogP contribution in [0.3, 0.4) is 0 Å². The summed E-state index contributed by atoms with van der Waals surface area (Å²) < 4.78 is 43.9. The fourth-order valence-electron chi connectivity index (χ4n) is 0.617. The Hall–Kier alpha value is -1.60. The molecule has 0 amide bonds. The second-order valence-corrected chi connectivity index (χ2v) is 2.14. The van der Waals surface area contributed by atoms with E-state index >= 15 is 0 Å². The lowest BCUT2D eigenvalue weighted by atomic mass is 10.6. The van der Waals surface area contributed by atoms with Gasteiger partial charge in [0.1, 0.15) is 0 Å². The number of rotatable bonds is 2. The van der Waals surface area contributed by atoms with Gasteiger partial charge < -0.3 is 9.26 Å².